The lowest BCUT2D eigenvalue weighted by molar-refractivity contribution is 0.0719. The van der Waals surface area contributed by atoms with Gasteiger partial charge in [-0.1, -0.05) is 119 Å². The third-order valence-corrected chi connectivity index (χ3v) is 10.4. The molecule has 1 unspecified atom stereocenters. The number of hydrogen-bond donors (Lipinski definition) is 1. The molecule has 0 heterocycles. The van der Waals surface area contributed by atoms with E-state index in [9.17, 15) is 5.11 Å². The van der Waals surface area contributed by atoms with Crippen LogP contribution in [0.25, 0.3) is 6.08 Å². The summed E-state index contributed by atoms with van der Waals surface area (Å²) in [5, 5.41) is 12.2. The quantitative estimate of drug-likeness (QED) is 0.290. The summed E-state index contributed by atoms with van der Waals surface area (Å²) in [4.78, 5) is 0. The largest absolute Gasteiger partial charge is 0.385 e. The number of benzene rings is 1. The second-order valence-corrected chi connectivity index (χ2v) is 14.6. The van der Waals surface area contributed by atoms with Gasteiger partial charge < -0.3 is 5.11 Å². The molecule has 0 aliphatic heterocycles. The van der Waals surface area contributed by atoms with Crippen molar-refractivity contribution in [3.05, 3.63) is 63.8 Å². The Balaban J connectivity index is 2.66. The minimum atomic E-state index is -0.831. The van der Waals surface area contributed by atoms with Gasteiger partial charge in [0.25, 0.3) is 0 Å². The maximum Gasteiger partial charge on any atom is 0.0874 e. The number of rotatable bonds is 12. The Morgan fingerprint density at radius 3 is 1.84 bits per heavy atom. The van der Waals surface area contributed by atoms with E-state index in [1.165, 1.54) is 33.4 Å². The Hall–Kier alpha value is -1.60. The van der Waals surface area contributed by atoms with E-state index in [2.05, 4.69) is 126 Å². The topological polar surface area (TPSA) is 20.2 Å². The summed E-state index contributed by atoms with van der Waals surface area (Å²) in [5.41, 5.74) is 7.79. The van der Waals surface area contributed by atoms with Crippen LogP contribution in [0.3, 0.4) is 0 Å². The maximum atomic E-state index is 12.2. The lowest BCUT2D eigenvalue weighted by Gasteiger charge is -2.40. The van der Waals surface area contributed by atoms with Crippen molar-refractivity contribution in [2.75, 3.05) is 0 Å². The number of aliphatic hydroxyl groups is 1. The molecule has 0 fully saturated rings. The molecule has 1 N–H and O–H groups in total. The smallest absolute Gasteiger partial charge is 0.0874 e. The van der Waals surface area contributed by atoms with Crippen LogP contribution in [-0.4, -0.2) is 10.7 Å². The van der Waals surface area contributed by atoms with Crippen LogP contribution in [0.2, 0.25) is 0 Å². The number of allylic oxidation sites excluding steroid dienone is 3. The predicted octanol–water partition coefficient (Wildman–Crippen LogP) is 10.9. The van der Waals surface area contributed by atoms with Gasteiger partial charge in [0, 0.05) is 6.42 Å². The molecular formula is C37H60O. The molecule has 0 radical (unpaired) electrons. The van der Waals surface area contributed by atoms with Gasteiger partial charge in [0.1, 0.15) is 0 Å². The highest BCUT2D eigenvalue weighted by atomic mass is 16.3. The van der Waals surface area contributed by atoms with Crippen molar-refractivity contribution in [3.63, 3.8) is 0 Å². The molecule has 1 aliphatic carbocycles. The van der Waals surface area contributed by atoms with E-state index in [0.29, 0.717) is 0 Å². The highest BCUT2D eigenvalue weighted by Gasteiger charge is 2.37. The average Bonchev–Trinajstić information content (AvgIpc) is 2.87. The molecule has 0 saturated carbocycles. The zero-order valence-corrected chi connectivity index (χ0v) is 27.4. The SMILES string of the molecule is CC=Cc1c(CCC2(O)C=C(C(C)(C)CC)C=C(C(C)(C)CC)C2)cc(C(C)(C)CC)cc1C(C)(C)CC. The number of aryl methyl sites for hydroxylation is 1. The standard InChI is InChI=1S/C37H60O/c1-14-19-31-27(22-28(33(6,7)15-2)24-32(31)36(12,13)18-5)20-21-37(38)25-29(34(8,9)16-3)23-30(26-37)35(10,11)17-4/h14,19,22-25,38H,15-18,20-21,26H2,1-13H3. The highest BCUT2D eigenvalue weighted by molar-refractivity contribution is 5.62. The molecule has 0 saturated heterocycles. The lowest BCUT2D eigenvalue weighted by atomic mass is 9.67. The van der Waals surface area contributed by atoms with E-state index in [-0.39, 0.29) is 21.7 Å². The van der Waals surface area contributed by atoms with Crippen molar-refractivity contribution in [2.45, 2.75) is 151 Å². The molecule has 1 atom stereocenters. The van der Waals surface area contributed by atoms with Crippen LogP contribution < -0.4 is 0 Å². The first-order valence-electron chi connectivity index (χ1n) is 15.4. The predicted molar refractivity (Wildman–Crippen MR) is 170 cm³/mol. The zero-order chi connectivity index (χ0) is 29.2. The summed E-state index contributed by atoms with van der Waals surface area (Å²) in [6, 6.07) is 4.93. The molecule has 0 bridgehead atoms. The first-order valence-corrected chi connectivity index (χ1v) is 15.4. The molecule has 38 heavy (non-hydrogen) atoms. The van der Waals surface area contributed by atoms with Crippen molar-refractivity contribution in [2.24, 2.45) is 10.8 Å². The fourth-order valence-electron chi connectivity index (χ4n) is 5.35. The monoisotopic (exact) mass is 520 g/mol. The Kier molecular flexibility index (Phi) is 10.2. The van der Waals surface area contributed by atoms with E-state index in [1.807, 2.05) is 0 Å². The summed E-state index contributed by atoms with van der Waals surface area (Å²) in [5.74, 6) is 0. The van der Waals surface area contributed by atoms with Crippen LogP contribution in [0.1, 0.15) is 151 Å². The molecule has 2 rings (SSSR count). The van der Waals surface area contributed by atoms with Crippen LogP contribution in [0.5, 0.6) is 0 Å². The summed E-state index contributed by atoms with van der Waals surface area (Å²) >= 11 is 0. The van der Waals surface area contributed by atoms with Gasteiger partial charge in [-0.25, -0.2) is 0 Å². The van der Waals surface area contributed by atoms with Crippen LogP contribution in [-0.2, 0) is 17.3 Å². The van der Waals surface area contributed by atoms with Gasteiger partial charge in [0.2, 0.25) is 0 Å². The molecule has 1 aliphatic rings. The molecule has 214 valence electrons. The molecule has 1 nitrogen and oxygen atoms in total. The van der Waals surface area contributed by atoms with Crippen molar-refractivity contribution in [1.29, 1.82) is 0 Å². The minimum Gasteiger partial charge on any atom is -0.385 e. The molecule has 0 spiro atoms. The van der Waals surface area contributed by atoms with Crippen molar-refractivity contribution >= 4 is 6.08 Å². The van der Waals surface area contributed by atoms with E-state index >= 15 is 0 Å². The fourth-order valence-corrected chi connectivity index (χ4v) is 5.35. The maximum absolute atomic E-state index is 12.2. The van der Waals surface area contributed by atoms with Gasteiger partial charge in [-0.15, -0.1) is 0 Å². The highest BCUT2D eigenvalue weighted by Crippen LogP contribution is 2.46. The fraction of sp³-hybridized carbons (Fsp3) is 0.676. The molecule has 1 heteroatoms. The zero-order valence-electron chi connectivity index (χ0n) is 27.4. The first-order chi connectivity index (χ1) is 17.4. The molecular weight excluding hydrogens is 460 g/mol. The van der Waals surface area contributed by atoms with E-state index in [0.717, 1.165) is 44.9 Å². The van der Waals surface area contributed by atoms with E-state index in [1.54, 1.807) is 0 Å². The normalized spacial score (nSPS) is 19.6. The second kappa shape index (κ2) is 11.9. The van der Waals surface area contributed by atoms with Crippen molar-refractivity contribution in [3.8, 4) is 0 Å². The minimum absolute atomic E-state index is 0.0446. The summed E-state index contributed by atoms with van der Waals surface area (Å²) in [6.45, 7) is 30.0. The van der Waals surface area contributed by atoms with Gasteiger partial charge in [-0.3, -0.25) is 0 Å². The van der Waals surface area contributed by atoms with Gasteiger partial charge in [0.05, 0.1) is 5.60 Å². The molecule has 0 aromatic heterocycles. The van der Waals surface area contributed by atoms with Crippen LogP contribution in [0.4, 0.5) is 0 Å². The molecule has 1 aromatic rings. The third kappa shape index (κ3) is 7.12. The van der Waals surface area contributed by atoms with E-state index in [4.69, 9.17) is 0 Å². The number of hydrogen-bond acceptors (Lipinski definition) is 1. The lowest BCUT2D eigenvalue weighted by Crippen LogP contribution is -2.35. The first kappa shape index (κ1) is 32.6. The third-order valence-electron chi connectivity index (χ3n) is 10.4. The van der Waals surface area contributed by atoms with Crippen LogP contribution in [0.15, 0.2) is 41.5 Å². The summed E-state index contributed by atoms with van der Waals surface area (Å²) in [7, 11) is 0. The van der Waals surface area contributed by atoms with Gasteiger partial charge >= 0.3 is 0 Å². The Bertz CT molecular complexity index is 1060. The van der Waals surface area contributed by atoms with Gasteiger partial charge in [-0.05, 0) is 101 Å². The Labute approximate surface area is 236 Å². The van der Waals surface area contributed by atoms with Crippen LogP contribution >= 0.6 is 0 Å². The average molecular weight is 521 g/mol. The summed E-state index contributed by atoms with van der Waals surface area (Å²) < 4.78 is 0. The van der Waals surface area contributed by atoms with Gasteiger partial charge in [0.15, 0.2) is 0 Å². The Morgan fingerprint density at radius 2 is 1.34 bits per heavy atom. The van der Waals surface area contributed by atoms with Crippen LogP contribution in [0, 0.1) is 10.8 Å². The molecule has 0 amide bonds. The molecule has 1 aromatic carbocycles. The van der Waals surface area contributed by atoms with Crippen molar-refractivity contribution in [1.82, 2.24) is 0 Å². The van der Waals surface area contributed by atoms with Gasteiger partial charge in [-0.2, -0.15) is 0 Å². The summed E-state index contributed by atoms with van der Waals surface area (Å²) in [6.07, 6.45) is 15.8. The second-order valence-electron chi connectivity index (χ2n) is 14.6. The van der Waals surface area contributed by atoms with E-state index < -0.39 is 5.60 Å². The van der Waals surface area contributed by atoms with Crippen molar-refractivity contribution < 1.29 is 5.11 Å². The Morgan fingerprint density at radius 1 is 0.789 bits per heavy atom.